The van der Waals surface area contributed by atoms with Gasteiger partial charge in [-0.3, -0.25) is 4.79 Å². The average molecular weight is 313 g/mol. The molecule has 2 rings (SSSR count). The van der Waals surface area contributed by atoms with Crippen LogP contribution in [0.5, 0.6) is 5.75 Å². The van der Waals surface area contributed by atoms with Crippen molar-refractivity contribution >= 4 is 16.0 Å². The maximum atomic E-state index is 12.2. The molecule has 3 N–H and O–H groups in total. The fourth-order valence-electron chi connectivity index (χ4n) is 2.54. The molecule has 1 fully saturated rings. The molecule has 0 aromatic heterocycles. The second kappa shape index (κ2) is 6.44. The molecule has 0 radical (unpaired) electrons. The van der Waals surface area contributed by atoms with Crippen LogP contribution in [0.15, 0.2) is 24.3 Å². The Kier molecular flexibility index (Phi) is 4.84. The molecule has 1 saturated carbocycles. The lowest BCUT2D eigenvalue weighted by Gasteiger charge is -2.18. The summed E-state index contributed by atoms with van der Waals surface area (Å²) in [5, 5.41) is 17.9. The van der Waals surface area contributed by atoms with Gasteiger partial charge in [0, 0.05) is 0 Å². The van der Waals surface area contributed by atoms with Crippen LogP contribution in [0.4, 0.5) is 0 Å². The van der Waals surface area contributed by atoms with E-state index in [1.54, 1.807) is 12.1 Å². The third kappa shape index (κ3) is 4.18. The summed E-state index contributed by atoms with van der Waals surface area (Å²) >= 11 is 0. The van der Waals surface area contributed by atoms with E-state index < -0.39 is 27.3 Å². The molecule has 1 aliphatic carbocycles. The molecule has 1 atom stereocenters. The summed E-state index contributed by atoms with van der Waals surface area (Å²) in [6.45, 7) is 0. The van der Waals surface area contributed by atoms with Gasteiger partial charge in [0.2, 0.25) is 10.0 Å². The van der Waals surface area contributed by atoms with Crippen molar-refractivity contribution in [3.63, 3.8) is 0 Å². The molecule has 0 aliphatic heterocycles. The van der Waals surface area contributed by atoms with Gasteiger partial charge in [-0.2, -0.15) is 0 Å². The second-order valence-electron chi connectivity index (χ2n) is 5.33. The van der Waals surface area contributed by atoms with Crippen LogP contribution in [0.3, 0.4) is 0 Å². The molecular formula is C14H19NO5S. The molecule has 0 bridgehead atoms. The van der Waals surface area contributed by atoms with Crippen LogP contribution in [-0.4, -0.2) is 35.9 Å². The predicted molar refractivity (Wildman–Crippen MR) is 77.5 cm³/mol. The molecule has 21 heavy (non-hydrogen) atoms. The fourth-order valence-corrected chi connectivity index (χ4v) is 4.27. The number of carboxylic acids is 1. The van der Waals surface area contributed by atoms with E-state index >= 15 is 0 Å². The van der Waals surface area contributed by atoms with E-state index in [2.05, 4.69) is 4.72 Å². The lowest BCUT2D eigenvalue weighted by molar-refractivity contribution is -0.138. The summed E-state index contributed by atoms with van der Waals surface area (Å²) in [6.07, 6.45) is 2.94. The fraction of sp³-hybridized carbons (Fsp3) is 0.500. The van der Waals surface area contributed by atoms with Crippen molar-refractivity contribution in [1.82, 2.24) is 4.72 Å². The van der Waals surface area contributed by atoms with E-state index in [0.717, 1.165) is 12.8 Å². The molecule has 0 heterocycles. The number of aliphatic carboxylic acids is 1. The highest BCUT2D eigenvalue weighted by Crippen LogP contribution is 2.24. The minimum absolute atomic E-state index is 0.0432. The third-order valence-corrected chi connectivity index (χ3v) is 5.68. The molecule has 7 heteroatoms. The van der Waals surface area contributed by atoms with Crippen LogP contribution >= 0.6 is 0 Å². The van der Waals surface area contributed by atoms with Crippen molar-refractivity contribution in [3.05, 3.63) is 29.8 Å². The Morgan fingerprint density at radius 2 is 1.81 bits per heavy atom. The van der Waals surface area contributed by atoms with Gasteiger partial charge in [-0.15, -0.1) is 0 Å². The number of rotatable bonds is 6. The number of phenols is 1. The average Bonchev–Trinajstić information content (AvgIpc) is 2.95. The predicted octanol–water partition coefficient (Wildman–Crippen LogP) is 1.25. The lowest BCUT2D eigenvalue weighted by Crippen LogP contribution is -2.45. The highest BCUT2D eigenvalue weighted by molar-refractivity contribution is 7.90. The van der Waals surface area contributed by atoms with Gasteiger partial charge in [0.25, 0.3) is 0 Å². The minimum Gasteiger partial charge on any atom is -0.508 e. The number of aromatic hydroxyl groups is 1. The van der Waals surface area contributed by atoms with Crippen LogP contribution in [0.1, 0.15) is 31.2 Å². The quantitative estimate of drug-likeness (QED) is 0.733. The van der Waals surface area contributed by atoms with Gasteiger partial charge in [0.15, 0.2) is 0 Å². The van der Waals surface area contributed by atoms with Crippen molar-refractivity contribution in [3.8, 4) is 5.75 Å². The third-order valence-electron chi connectivity index (χ3n) is 3.72. The Morgan fingerprint density at radius 1 is 1.24 bits per heavy atom. The maximum Gasteiger partial charge on any atom is 0.322 e. The number of sulfonamides is 1. The SMILES string of the molecule is O=C(O)[C@H](Cc1ccc(O)cc1)NS(=O)(=O)C1CCCC1. The van der Waals surface area contributed by atoms with Crippen LogP contribution in [0, 0.1) is 0 Å². The summed E-state index contributed by atoms with van der Waals surface area (Å²) in [5.74, 6) is -1.12. The smallest absolute Gasteiger partial charge is 0.322 e. The van der Waals surface area contributed by atoms with E-state index in [1.165, 1.54) is 12.1 Å². The van der Waals surface area contributed by atoms with Crippen molar-refractivity contribution < 1.29 is 23.4 Å². The van der Waals surface area contributed by atoms with Gasteiger partial charge in [-0.05, 0) is 37.0 Å². The summed E-state index contributed by atoms with van der Waals surface area (Å²) in [6, 6.07) is 4.85. The molecule has 0 spiro atoms. The Bertz CT molecular complexity index is 590. The number of phenolic OH excluding ortho intramolecular Hbond substituents is 1. The van der Waals surface area contributed by atoms with E-state index in [4.69, 9.17) is 0 Å². The van der Waals surface area contributed by atoms with E-state index in [0.29, 0.717) is 18.4 Å². The van der Waals surface area contributed by atoms with Gasteiger partial charge < -0.3 is 10.2 Å². The molecule has 1 aliphatic rings. The topological polar surface area (TPSA) is 104 Å². The van der Waals surface area contributed by atoms with Crippen LogP contribution in [0.2, 0.25) is 0 Å². The standard InChI is InChI=1S/C14H19NO5S/c16-11-7-5-10(6-8-11)9-13(14(17)18)15-21(19,20)12-3-1-2-4-12/h5-8,12-13,15-16H,1-4,9H2,(H,17,18)/t13-/m0/s1. The number of benzene rings is 1. The van der Waals surface area contributed by atoms with Crippen molar-refractivity contribution in [2.45, 2.75) is 43.4 Å². The van der Waals surface area contributed by atoms with Crippen LogP contribution < -0.4 is 4.72 Å². The zero-order chi connectivity index (χ0) is 15.5. The molecular weight excluding hydrogens is 294 g/mol. The first-order chi connectivity index (χ1) is 9.88. The van der Waals surface area contributed by atoms with Crippen LogP contribution in [0.25, 0.3) is 0 Å². The number of hydrogen-bond acceptors (Lipinski definition) is 4. The Labute approximate surface area is 123 Å². The van der Waals surface area contributed by atoms with E-state index in [-0.39, 0.29) is 12.2 Å². The molecule has 1 aromatic carbocycles. The largest absolute Gasteiger partial charge is 0.508 e. The van der Waals surface area contributed by atoms with E-state index in [1.807, 2.05) is 0 Å². The molecule has 116 valence electrons. The second-order valence-corrected chi connectivity index (χ2v) is 7.32. The monoisotopic (exact) mass is 313 g/mol. The number of carboxylic acid groups (broad SMARTS) is 1. The number of nitrogens with one attached hydrogen (secondary N) is 1. The maximum absolute atomic E-state index is 12.2. The molecule has 1 aromatic rings. The van der Waals surface area contributed by atoms with E-state index in [9.17, 15) is 23.4 Å². The molecule has 0 unspecified atom stereocenters. The van der Waals surface area contributed by atoms with Gasteiger partial charge in [0.05, 0.1) is 5.25 Å². The highest BCUT2D eigenvalue weighted by Gasteiger charge is 2.32. The summed E-state index contributed by atoms with van der Waals surface area (Å²) < 4.78 is 26.7. The Balaban J connectivity index is 2.08. The molecule has 0 saturated heterocycles. The van der Waals surface area contributed by atoms with Gasteiger partial charge in [-0.25, -0.2) is 13.1 Å². The van der Waals surface area contributed by atoms with Crippen molar-refractivity contribution in [1.29, 1.82) is 0 Å². The summed E-state index contributed by atoms with van der Waals surface area (Å²) in [5.41, 5.74) is 0.648. The zero-order valence-electron chi connectivity index (χ0n) is 11.5. The van der Waals surface area contributed by atoms with Crippen molar-refractivity contribution in [2.75, 3.05) is 0 Å². The first-order valence-electron chi connectivity index (χ1n) is 6.90. The molecule has 0 amide bonds. The van der Waals surface area contributed by atoms with Gasteiger partial charge in [-0.1, -0.05) is 25.0 Å². The van der Waals surface area contributed by atoms with Crippen molar-refractivity contribution in [2.24, 2.45) is 0 Å². The minimum atomic E-state index is -3.61. The summed E-state index contributed by atoms with van der Waals surface area (Å²) in [7, 11) is -3.61. The Morgan fingerprint density at radius 3 is 2.33 bits per heavy atom. The first kappa shape index (κ1) is 15.8. The lowest BCUT2D eigenvalue weighted by atomic mass is 10.1. The molecule has 6 nitrogen and oxygen atoms in total. The summed E-state index contributed by atoms with van der Waals surface area (Å²) in [4.78, 5) is 11.3. The van der Waals surface area contributed by atoms with Gasteiger partial charge >= 0.3 is 5.97 Å². The highest BCUT2D eigenvalue weighted by atomic mass is 32.2. The zero-order valence-corrected chi connectivity index (χ0v) is 12.3. The first-order valence-corrected chi connectivity index (χ1v) is 8.45. The number of hydrogen-bond donors (Lipinski definition) is 3. The van der Waals surface area contributed by atoms with Gasteiger partial charge in [0.1, 0.15) is 11.8 Å². The Hall–Kier alpha value is -1.60. The normalized spacial score (nSPS) is 17.7. The number of carbonyl (C=O) groups is 1. The van der Waals surface area contributed by atoms with Crippen LogP contribution in [-0.2, 0) is 21.2 Å².